The molecule has 4 nitrogen and oxygen atoms in total. The zero-order valence-electron chi connectivity index (χ0n) is 12.0. The fraction of sp³-hybridized carbons (Fsp3) is 0.375. The van der Waals surface area contributed by atoms with E-state index in [0.29, 0.717) is 19.5 Å². The monoisotopic (exact) mass is 274 g/mol. The minimum atomic E-state index is -1.13. The first kappa shape index (κ1) is 16.1. The predicted octanol–water partition coefficient (Wildman–Crippen LogP) is 2.81. The van der Waals surface area contributed by atoms with Gasteiger partial charge in [0.15, 0.2) is 0 Å². The van der Waals surface area contributed by atoms with Crippen molar-refractivity contribution in [2.24, 2.45) is 5.92 Å². The van der Waals surface area contributed by atoms with Crippen molar-refractivity contribution >= 4 is 17.8 Å². The van der Waals surface area contributed by atoms with Gasteiger partial charge in [0.1, 0.15) is 5.71 Å². The van der Waals surface area contributed by atoms with Gasteiger partial charge in [0, 0.05) is 19.0 Å². The van der Waals surface area contributed by atoms with Crippen LogP contribution < -0.4 is 5.32 Å². The van der Waals surface area contributed by atoms with Crippen molar-refractivity contribution < 1.29 is 9.90 Å². The summed E-state index contributed by atoms with van der Waals surface area (Å²) in [5, 5.41) is 19.6. The SMILES string of the molecule is CC[C@H](CNCC(C)=Cc1ccccc1)C(=N)C(=O)O. The largest absolute Gasteiger partial charge is 0.477 e. The van der Waals surface area contributed by atoms with E-state index in [4.69, 9.17) is 10.5 Å². The lowest BCUT2D eigenvalue weighted by molar-refractivity contribution is -0.129. The number of carbonyl (C=O) groups is 1. The second-order valence-corrected chi connectivity index (χ2v) is 4.86. The smallest absolute Gasteiger partial charge is 0.349 e. The standard InChI is InChI=1S/C16H22N2O2/c1-3-14(15(17)16(19)20)11-18-10-12(2)9-13-7-5-4-6-8-13/h4-9,14,17-18H,3,10-11H2,1-2H3,(H,19,20)/t14-/m1/s1. The number of benzene rings is 1. The lowest BCUT2D eigenvalue weighted by Gasteiger charge is -2.14. The van der Waals surface area contributed by atoms with Crippen molar-refractivity contribution in [2.75, 3.05) is 13.1 Å². The van der Waals surface area contributed by atoms with Crippen LogP contribution in [0.2, 0.25) is 0 Å². The Morgan fingerprint density at radius 3 is 2.60 bits per heavy atom. The molecule has 0 bridgehead atoms. The van der Waals surface area contributed by atoms with Gasteiger partial charge in [-0.15, -0.1) is 0 Å². The first-order valence-electron chi connectivity index (χ1n) is 6.79. The quantitative estimate of drug-likeness (QED) is 0.638. The Bertz CT molecular complexity index is 481. The van der Waals surface area contributed by atoms with E-state index in [0.717, 1.165) is 5.56 Å². The average molecular weight is 274 g/mol. The van der Waals surface area contributed by atoms with E-state index >= 15 is 0 Å². The molecule has 4 heteroatoms. The molecule has 20 heavy (non-hydrogen) atoms. The maximum Gasteiger partial charge on any atom is 0.349 e. The minimum absolute atomic E-state index is 0.218. The molecule has 0 spiro atoms. The van der Waals surface area contributed by atoms with Crippen LogP contribution in [0, 0.1) is 11.3 Å². The molecule has 3 N–H and O–H groups in total. The highest BCUT2D eigenvalue weighted by Gasteiger charge is 2.18. The fourth-order valence-corrected chi connectivity index (χ4v) is 1.95. The normalized spacial score (nSPS) is 13.0. The van der Waals surface area contributed by atoms with Crippen LogP contribution in [-0.4, -0.2) is 29.9 Å². The molecule has 0 fully saturated rings. The van der Waals surface area contributed by atoms with Crippen LogP contribution in [0.1, 0.15) is 25.8 Å². The molecule has 0 radical (unpaired) electrons. The molecule has 0 aliphatic carbocycles. The van der Waals surface area contributed by atoms with Crippen molar-refractivity contribution in [3.8, 4) is 0 Å². The van der Waals surface area contributed by atoms with Gasteiger partial charge in [0.2, 0.25) is 0 Å². The van der Waals surface area contributed by atoms with Crippen LogP contribution in [0.3, 0.4) is 0 Å². The molecule has 0 heterocycles. The zero-order chi connectivity index (χ0) is 15.0. The molecule has 1 aromatic rings. The van der Waals surface area contributed by atoms with Crippen LogP contribution >= 0.6 is 0 Å². The predicted molar refractivity (Wildman–Crippen MR) is 82.1 cm³/mol. The lowest BCUT2D eigenvalue weighted by atomic mass is 10.0. The Morgan fingerprint density at radius 1 is 1.40 bits per heavy atom. The van der Waals surface area contributed by atoms with Crippen molar-refractivity contribution in [3.05, 3.63) is 41.5 Å². The summed E-state index contributed by atoms with van der Waals surface area (Å²) in [7, 11) is 0. The summed E-state index contributed by atoms with van der Waals surface area (Å²) < 4.78 is 0. The van der Waals surface area contributed by atoms with E-state index in [9.17, 15) is 4.79 Å². The molecule has 0 aromatic heterocycles. The Balaban J connectivity index is 2.45. The van der Waals surface area contributed by atoms with E-state index in [2.05, 4.69) is 11.4 Å². The highest BCUT2D eigenvalue weighted by molar-refractivity contribution is 6.35. The Labute approximate surface area is 120 Å². The number of hydrogen-bond acceptors (Lipinski definition) is 3. The van der Waals surface area contributed by atoms with Crippen LogP contribution in [0.15, 0.2) is 35.9 Å². The molecule has 1 rings (SSSR count). The summed E-state index contributed by atoms with van der Waals surface area (Å²) in [4.78, 5) is 10.8. The molecule has 0 unspecified atom stereocenters. The average Bonchev–Trinajstić information content (AvgIpc) is 2.44. The number of carboxylic acids is 1. The maximum absolute atomic E-state index is 10.8. The summed E-state index contributed by atoms with van der Waals surface area (Å²) >= 11 is 0. The highest BCUT2D eigenvalue weighted by atomic mass is 16.4. The first-order chi connectivity index (χ1) is 9.54. The molecular formula is C16H22N2O2. The van der Waals surface area contributed by atoms with Gasteiger partial charge in [-0.25, -0.2) is 4.79 Å². The van der Waals surface area contributed by atoms with E-state index in [1.807, 2.05) is 44.2 Å². The Hall–Kier alpha value is -1.94. The third-order valence-corrected chi connectivity index (χ3v) is 3.14. The van der Waals surface area contributed by atoms with Gasteiger partial charge in [0.05, 0.1) is 0 Å². The molecule has 1 aromatic carbocycles. The van der Waals surface area contributed by atoms with Gasteiger partial charge in [-0.2, -0.15) is 0 Å². The van der Waals surface area contributed by atoms with Crippen molar-refractivity contribution in [1.29, 1.82) is 5.41 Å². The highest BCUT2D eigenvalue weighted by Crippen LogP contribution is 2.07. The Kier molecular flexibility index (Phi) is 6.67. The third kappa shape index (κ3) is 5.36. The minimum Gasteiger partial charge on any atom is -0.477 e. The van der Waals surface area contributed by atoms with Crippen LogP contribution in [0.4, 0.5) is 0 Å². The maximum atomic E-state index is 10.8. The molecule has 1 atom stereocenters. The second-order valence-electron chi connectivity index (χ2n) is 4.86. The van der Waals surface area contributed by atoms with Crippen LogP contribution in [0.5, 0.6) is 0 Å². The van der Waals surface area contributed by atoms with Crippen LogP contribution in [-0.2, 0) is 4.79 Å². The van der Waals surface area contributed by atoms with Gasteiger partial charge in [-0.3, -0.25) is 5.41 Å². The van der Waals surface area contributed by atoms with E-state index in [-0.39, 0.29) is 11.6 Å². The summed E-state index contributed by atoms with van der Waals surface area (Å²) in [6, 6.07) is 10.0. The van der Waals surface area contributed by atoms with Gasteiger partial charge in [-0.1, -0.05) is 48.9 Å². The Morgan fingerprint density at radius 2 is 2.05 bits per heavy atom. The van der Waals surface area contributed by atoms with Gasteiger partial charge >= 0.3 is 5.97 Å². The van der Waals surface area contributed by atoms with Gasteiger partial charge in [0.25, 0.3) is 0 Å². The molecule has 108 valence electrons. The topological polar surface area (TPSA) is 73.2 Å². The van der Waals surface area contributed by atoms with Crippen molar-refractivity contribution in [3.63, 3.8) is 0 Å². The van der Waals surface area contributed by atoms with E-state index in [1.54, 1.807) is 0 Å². The molecule has 0 saturated heterocycles. The van der Waals surface area contributed by atoms with E-state index in [1.165, 1.54) is 5.57 Å². The van der Waals surface area contributed by atoms with E-state index < -0.39 is 5.97 Å². The van der Waals surface area contributed by atoms with Gasteiger partial charge < -0.3 is 10.4 Å². The number of hydrogen-bond donors (Lipinski definition) is 3. The summed E-state index contributed by atoms with van der Waals surface area (Å²) in [6.45, 7) is 5.14. The number of rotatable bonds is 8. The number of aliphatic carboxylic acids is 1. The lowest BCUT2D eigenvalue weighted by Crippen LogP contribution is -2.32. The molecular weight excluding hydrogens is 252 g/mol. The molecule has 0 aliphatic heterocycles. The first-order valence-corrected chi connectivity index (χ1v) is 6.79. The molecule has 0 amide bonds. The summed E-state index contributed by atoms with van der Waals surface area (Å²) in [5.74, 6) is -1.37. The summed E-state index contributed by atoms with van der Waals surface area (Å²) in [5.41, 5.74) is 2.11. The summed E-state index contributed by atoms with van der Waals surface area (Å²) in [6.07, 6.45) is 2.75. The molecule has 0 saturated carbocycles. The van der Waals surface area contributed by atoms with Crippen molar-refractivity contribution in [2.45, 2.75) is 20.3 Å². The van der Waals surface area contributed by atoms with Gasteiger partial charge in [-0.05, 0) is 18.9 Å². The molecule has 0 aliphatic rings. The second kappa shape index (κ2) is 8.27. The van der Waals surface area contributed by atoms with Crippen LogP contribution in [0.25, 0.3) is 6.08 Å². The number of carboxylic acid groups (broad SMARTS) is 1. The number of nitrogens with one attached hydrogen (secondary N) is 2. The third-order valence-electron chi connectivity index (χ3n) is 3.14. The van der Waals surface area contributed by atoms with Crippen molar-refractivity contribution in [1.82, 2.24) is 5.32 Å². The fourth-order valence-electron chi connectivity index (χ4n) is 1.95. The zero-order valence-corrected chi connectivity index (χ0v) is 12.0.